The van der Waals surface area contributed by atoms with E-state index in [1.54, 1.807) is 6.08 Å². The van der Waals surface area contributed by atoms with Crippen molar-refractivity contribution in [1.29, 1.82) is 0 Å². The number of hydrogen-bond donors (Lipinski definition) is 1. The Labute approximate surface area is 98.5 Å². The molecule has 2 aliphatic rings. The number of rotatable bonds is 1. The zero-order valence-electron chi connectivity index (χ0n) is 9.59. The van der Waals surface area contributed by atoms with Crippen molar-refractivity contribution in [3.8, 4) is 0 Å². The molecule has 5 heteroatoms. The Bertz CT molecular complexity index is 311. The van der Waals surface area contributed by atoms with Gasteiger partial charge in [-0.1, -0.05) is 0 Å². The Morgan fingerprint density at radius 3 is 2.71 bits per heavy atom. The minimum atomic E-state index is -4.22. The monoisotopic (exact) mass is 250 g/mol. The van der Waals surface area contributed by atoms with Gasteiger partial charge in [0.05, 0.1) is 12.5 Å². The molecule has 0 aromatic rings. The van der Waals surface area contributed by atoms with Gasteiger partial charge < -0.3 is 9.84 Å². The van der Waals surface area contributed by atoms with Crippen LogP contribution in [0.2, 0.25) is 0 Å². The van der Waals surface area contributed by atoms with E-state index in [2.05, 4.69) is 0 Å². The SMILES string of the molecule is OC1(C2=CCCCO2)CCCC(C(F)(F)F)C1. The van der Waals surface area contributed by atoms with E-state index < -0.39 is 17.7 Å². The van der Waals surface area contributed by atoms with Crippen LogP contribution in [0.15, 0.2) is 11.8 Å². The molecule has 0 amide bonds. The third kappa shape index (κ3) is 2.76. The van der Waals surface area contributed by atoms with Gasteiger partial charge in [0, 0.05) is 0 Å². The number of hydrogen-bond acceptors (Lipinski definition) is 2. The molecule has 2 nitrogen and oxygen atoms in total. The molecule has 0 aromatic heterocycles. The van der Waals surface area contributed by atoms with E-state index in [0.717, 1.165) is 12.8 Å². The lowest BCUT2D eigenvalue weighted by Crippen LogP contribution is -2.42. The molecular weight excluding hydrogens is 233 g/mol. The van der Waals surface area contributed by atoms with E-state index in [-0.39, 0.29) is 12.8 Å². The van der Waals surface area contributed by atoms with Gasteiger partial charge in [-0.15, -0.1) is 0 Å². The molecule has 2 unspecified atom stereocenters. The molecule has 1 heterocycles. The molecule has 0 spiro atoms. The number of alkyl halides is 3. The molecule has 1 aliphatic heterocycles. The first-order valence-corrected chi connectivity index (χ1v) is 6.04. The number of halogens is 3. The zero-order chi connectivity index (χ0) is 12.5. The van der Waals surface area contributed by atoms with Crippen molar-refractivity contribution < 1.29 is 23.0 Å². The van der Waals surface area contributed by atoms with Crippen LogP contribution in [0.25, 0.3) is 0 Å². The second-order valence-electron chi connectivity index (χ2n) is 4.93. The van der Waals surface area contributed by atoms with Crippen molar-refractivity contribution in [1.82, 2.24) is 0 Å². The second kappa shape index (κ2) is 4.52. The van der Waals surface area contributed by atoms with Gasteiger partial charge >= 0.3 is 6.18 Å². The third-order valence-electron chi connectivity index (χ3n) is 3.58. The Balaban J connectivity index is 2.12. The van der Waals surface area contributed by atoms with Crippen LogP contribution in [-0.4, -0.2) is 23.5 Å². The lowest BCUT2D eigenvalue weighted by Gasteiger charge is -2.39. The minimum Gasteiger partial charge on any atom is -0.495 e. The van der Waals surface area contributed by atoms with Crippen LogP contribution in [0.5, 0.6) is 0 Å². The Hall–Kier alpha value is -0.710. The van der Waals surface area contributed by atoms with Crippen LogP contribution >= 0.6 is 0 Å². The summed E-state index contributed by atoms with van der Waals surface area (Å²) in [5.74, 6) is -1.05. The van der Waals surface area contributed by atoms with Crippen LogP contribution in [0, 0.1) is 5.92 Å². The first-order chi connectivity index (χ1) is 7.92. The lowest BCUT2D eigenvalue weighted by molar-refractivity contribution is -0.200. The van der Waals surface area contributed by atoms with Crippen LogP contribution in [0.4, 0.5) is 13.2 Å². The number of aliphatic hydroxyl groups is 1. The maximum Gasteiger partial charge on any atom is 0.391 e. The topological polar surface area (TPSA) is 29.5 Å². The molecule has 1 aliphatic carbocycles. The highest BCUT2D eigenvalue weighted by molar-refractivity contribution is 5.13. The summed E-state index contributed by atoms with van der Waals surface area (Å²) in [6.45, 7) is 0.491. The smallest absolute Gasteiger partial charge is 0.391 e. The molecule has 2 atom stereocenters. The van der Waals surface area contributed by atoms with Crippen LogP contribution < -0.4 is 0 Å². The summed E-state index contributed by atoms with van der Waals surface area (Å²) in [4.78, 5) is 0. The Kier molecular flexibility index (Phi) is 3.39. The molecule has 1 N–H and O–H groups in total. The fourth-order valence-electron chi connectivity index (χ4n) is 2.64. The molecule has 2 rings (SSSR count). The number of allylic oxidation sites excluding steroid dienone is 1. The molecule has 98 valence electrons. The zero-order valence-corrected chi connectivity index (χ0v) is 9.59. The Morgan fingerprint density at radius 1 is 1.35 bits per heavy atom. The van der Waals surface area contributed by atoms with Crippen molar-refractivity contribution in [3.63, 3.8) is 0 Å². The molecule has 1 fully saturated rings. The average Bonchev–Trinajstić information content (AvgIpc) is 2.29. The van der Waals surface area contributed by atoms with Crippen LogP contribution in [0.3, 0.4) is 0 Å². The van der Waals surface area contributed by atoms with Crippen molar-refractivity contribution in [2.75, 3.05) is 6.61 Å². The van der Waals surface area contributed by atoms with Gasteiger partial charge in [0.1, 0.15) is 11.4 Å². The van der Waals surface area contributed by atoms with Gasteiger partial charge in [0.15, 0.2) is 0 Å². The maximum absolute atomic E-state index is 12.7. The molecule has 0 aromatic carbocycles. The van der Waals surface area contributed by atoms with Crippen molar-refractivity contribution >= 4 is 0 Å². The predicted octanol–water partition coefficient (Wildman–Crippen LogP) is 3.16. The maximum atomic E-state index is 12.7. The molecule has 0 radical (unpaired) electrons. The highest BCUT2D eigenvalue weighted by atomic mass is 19.4. The van der Waals surface area contributed by atoms with E-state index in [1.165, 1.54) is 0 Å². The van der Waals surface area contributed by atoms with Gasteiger partial charge in [0.25, 0.3) is 0 Å². The lowest BCUT2D eigenvalue weighted by atomic mass is 9.76. The first kappa shape index (κ1) is 12.7. The largest absolute Gasteiger partial charge is 0.495 e. The van der Waals surface area contributed by atoms with Crippen molar-refractivity contribution in [2.24, 2.45) is 5.92 Å². The molecular formula is C12H17F3O2. The summed E-state index contributed by atoms with van der Waals surface area (Å²) in [5, 5.41) is 10.3. The second-order valence-corrected chi connectivity index (χ2v) is 4.93. The third-order valence-corrected chi connectivity index (χ3v) is 3.58. The van der Waals surface area contributed by atoms with E-state index in [9.17, 15) is 18.3 Å². The van der Waals surface area contributed by atoms with Crippen molar-refractivity contribution in [2.45, 2.75) is 50.3 Å². The summed E-state index contributed by atoms with van der Waals surface area (Å²) in [5.41, 5.74) is -1.40. The minimum absolute atomic E-state index is 0.110. The first-order valence-electron chi connectivity index (χ1n) is 6.04. The fourth-order valence-corrected chi connectivity index (χ4v) is 2.64. The van der Waals surface area contributed by atoms with Gasteiger partial charge in [0.2, 0.25) is 0 Å². The Morgan fingerprint density at radius 2 is 2.12 bits per heavy atom. The van der Waals surface area contributed by atoms with Gasteiger partial charge in [-0.2, -0.15) is 13.2 Å². The summed E-state index contributed by atoms with van der Waals surface area (Å²) in [6, 6.07) is 0. The molecule has 1 saturated carbocycles. The summed E-state index contributed by atoms with van der Waals surface area (Å²) in [7, 11) is 0. The quantitative estimate of drug-likeness (QED) is 0.774. The number of ether oxygens (including phenoxy) is 1. The molecule has 0 saturated heterocycles. The van der Waals surface area contributed by atoms with Gasteiger partial charge in [-0.05, 0) is 44.6 Å². The van der Waals surface area contributed by atoms with E-state index >= 15 is 0 Å². The summed E-state index contributed by atoms with van der Waals surface area (Å²) in [6.07, 6.45) is -0.239. The fraction of sp³-hybridized carbons (Fsp3) is 0.833. The van der Waals surface area contributed by atoms with Crippen LogP contribution in [0.1, 0.15) is 38.5 Å². The highest BCUT2D eigenvalue weighted by Gasteiger charge is 2.49. The molecule has 0 bridgehead atoms. The average molecular weight is 250 g/mol. The van der Waals surface area contributed by atoms with Gasteiger partial charge in [-0.3, -0.25) is 0 Å². The summed E-state index contributed by atoms with van der Waals surface area (Å²) < 4.78 is 43.4. The molecule has 17 heavy (non-hydrogen) atoms. The summed E-state index contributed by atoms with van der Waals surface area (Å²) >= 11 is 0. The standard InChI is InChI=1S/C12H17F3O2/c13-12(14,15)9-4-3-6-11(16,8-9)10-5-1-2-7-17-10/h5,9,16H,1-4,6-8H2. The van der Waals surface area contributed by atoms with Gasteiger partial charge in [-0.25, -0.2) is 0 Å². The van der Waals surface area contributed by atoms with Crippen molar-refractivity contribution in [3.05, 3.63) is 11.8 Å². The van der Waals surface area contributed by atoms with E-state index in [4.69, 9.17) is 4.74 Å². The van der Waals surface area contributed by atoms with E-state index in [0.29, 0.717) is 25.2 Å². The van der Waals surface area contributed by atoms with E-state index in [1.807, 2.05) is 0 Å². The normalized spacial score (nSPS) is 35.1. The van der Waals surface area contributed by atoms with Crippen LogP contribution in [-0.2, 0) is 4.74 Å². The highest BCUT2D eigenvalue weighted by Crippen LogP contribution is 2.45. The predicted molar refractivity (Wildman–Crippen MR) is 56.2 cm³/mol.